The molecule has 1 aliphatic rings. The Balaban J connectivity index is 1.96. The maximum Gasteiger partial charge on any atom is 0.239 e. The van der Waals surface area contributed by atoms with Crippen LogP contribution in [-0.4, -0.2) is 14.5 Å². The van der Waals surface area contributed by atoms with E-state index in [-0.39, 0.29) is 11.8 Å². The quantitative estimate of drug-likeness (QED) is 0.870. The summed E-state index contributed by atoms with van der Waals surface area (Å²) in [6.45, 7) is 1.96. The standard InChI is InChI=1S/C16H17NO2S/c1-13-11-15-9-5-6-10-16(15)17(13)20(18,19)12-14-7-3-2-4-8-14/h2-10,13H,11-12H2,1H3/t13-/m1/s1. The minimum atomic E-state index is -3.34. The van der Waals surface area contributed by atoms with Gasteiger partial charge in [-0.1, -0.05) is 48.5 Å². The Morgan fingerprint density at radius 2 is 1.70 bits per heavy atom. The topological polar surface area (TPSA) is 37.4 Å². The molecule has 3 nitrogen and oxygen atoms in total. The van der Waals surface area contributed by atoms with Gasteiger partial charge in [0.2, 0.25) is 10.0 Å². The minimum Gasteiger partial charge on any atom is -0.267 e. The maximum absolute atomic E-state index is 12.7. The van der Waals surface area contributed by atoms with E-state index in [9.17, 15) is 8.42 Å². The number of rotatable bonds is 3. The molecule has 4 heteroatoms. The van der Waals surface area contributed by atoms with Crippen LogP contribution in [0.3, 0.4) is 0 Å². The van der Waals surface area contributed by atoms with Crippen LogP contribution in [0.5, 0.6) is 0 Å². The molecule has 1 atom stereocenters. The molecule has 0 unspecified atom stereocenters. The highest BCUT2D eigenvalue weighted by atomic mass is 32.2. The Bertz CT molecular complexity index is 710. The smallest absolute Gasteiger partial charge is 0.239 e. The zero-order chi connectivity index (χ0) is 14.2. The fraction of sp³-hybridized carbons (Fsp3) is 0.250. The summed E-state index contributed by atoms with van der Waals surface area (Å²) in [4.78, 5) is 0. The Morgan fingerprint density at radius 3 is 2.45 bits per heavy atom. The first-order valence-corrected chi connectivity index (χ1v) is 8.33. The van der Waals surface area contributed by atoms with Crippen molar-refractivity contribution >= 4 is 15.7 Å². The molecule has 1 aliphatic heterocycles. The summed E-state index contributed by atoms with van der Waals surface area (Å²) in [5, 5.41) is 0. The lowest BCUT2D eigenvalue weighted by Crippen LogP contribution is -2.36. The molecule has 3 rings (SSSR count). The van der Waals surface area contributed by atoms with Gasteiger partial charge >= 0.3 is 0 Å². The van der Waals surface area contributed by atoms with E-state index in [1.807, 2.05) is 61.5 Å². The van der Waals surface area contributed by atoms with Crippen LogP contribution in [0.25, 0.3) is 0 Å². The van der Waals surface area contributed by atoms with Crippen LogP contribution < -0.4 is 4.31 Å². The predicted molar refractivity (Wildman–Crippen MR) is 81.2 cm³/mol. The number of hydrogen-bond donors (Lipinski definition) is 0. The highest BCUT2D eigenvalue weighted by Crippen LogP contribution is 2.35. The maximum atomic E-state index is 12.7. The van der Waals surface area contributed by atoms with Crippen molar-refractivity contribution < 1.29 is 8.42 Å². The SMILES string of the molecule is C[C@@H]1Cc2ccccc2N1S(=O)(=O)Cc1ccccc1. The molecule has 0 bridgehead atoms. The van der Waals surface area contributed by atoms with Crippen LogP contribution >= 0.6 is 0 Å². The van der Waals surface area contributed by atoms with E-state index in [2.05, 4.69) is 0 Å². The number of benzene rings is 2. The van der Waals surface area contributed by atoms with E-state index in [4.69, 9.17) is 0 Å². The molecule has 2 aromatic rings. The molecular formula is C16H17NO2S. The van der Waals surface area contributed by atoms with Gasteiger partial charge in [0.25, 0.3) is 0 Å². The van der Waals surface area contributed by atoms with E-state index < -0.39 is 10.0 Å². The summed E-state index contributed by atoms with van der Waals surface area (Å²) in [7, 11) is -3.34. The van der Waals surface area contributed by atoms with Crippen LogP contribution in [0.1, 0.15) is 18.1 Å². The summed E-state index contributed by atoms with van der Waals surface area (Å²) in [6.07, 6.45) is 0.782. The molecule has 0 aromatic heterocycles. The van der Waals surface area contributed by atoms with Gasteiger partial charge in [0.05, 0.1) is 11.4 Å². The van der Waals surface area contributed by atoms with Crippen molar-refractivity contribution in [1.29, 1.82) is 0 Å². The average Bonchev–Trinajstić information content (AvgIpc) is 2.75. The van der Waals surface area contributed by atoms with Crippen LogP contribution in [0.15, 0.2) is 54.6 Å². The summed E-state index contributed by atoms with van der Waals surface area (Å²) in [5.74, 6) is 0.0481. The average molecular weight is 287 g/mol. The number of nitrogens with zero attached hydrogens (tertiary/aromatic N) is 1. The molecule has 0 saturated carbocycles. The monoisotopic (exact) mass is 287 g/mol. The van der Waals surface area contributed by atoms with Crippen LogP contribution in [0.2, 0.25) is 0 Å². The van der Waals surface area contributed by atoms with Gasteiger partial charge in [0.15, 0.2) is 0 Å². The zero-order valence-corrected chi connectivity index (χ0v) is 12.2. The Hall–Kier alpha value is -1.81. The molecule has 20 heavy (non-hydrogen) atoms. The Labute approximate surface area is 119 Å². The lowest BCUT2D eigenvalue weighted by atomic mass is 10.1. The molecule has 0 fully saturated rings. The third kappa shape index (κ3) is 2.31. The van der Waals surface area contributed by atoms with E-state index in [1.54, 1.807) is 4.31 Å². The Morgan fingerprint density at radius 1 is 1.05 bits per heavy atom. The number of fused-ring (bicyclic) bond motifs is 1. The fourth-order valence-corrected chi connectivity index (χ4v) is 4.67. The minimum absolute atomic E-state index is 0.0129. The van der Waals surface area contributed by atoms with Crippen molar-refractivity contribution in [2.45, 2.75) is 25.1 Å². The zero-order valence-electron chi connectivity index (χ0n) is 11.4. The molecule has 0 aliphatic carbocycles. The number of hydrogen-bond acceptors (Lipinski definition) is 2. The molecule has 0 amide bonds. The van der Waals surface area contributed by atoms with Crippen molar-refractivity contribution in [3.05, 3.63) is 65.7 Å². The molecule has 104 valence electrons. The molecule has 1 heterocycles. The first-order chi connectivity index (χ1) is 9.58. The largest absolute Gasteiger partial charge is 0.267 e. The van der Waals surface area contributed by atoms with Gasteiger partial charge in [0.1, 0.15) is 0 Å². The van der Waals surface area contributed by atoms with E-state index in [0.717, 1.165) is 23.2 Å². The van der Waals surface area contributed by atoms with Crippen molar-refractivity contribution in [2.75, 3.05) is 4.31 Å². The van der Waals surface area contributed by atoms with Crippen LogP contribution in [0.4, 0.5) is 5.69 Å². The number of sulfonamides is 1. The number of anilines is 1. The second kappa shape index (κ2) is 4.94. The van der Waals surface area contributed by atoms with Crippen LogP contribution in [0, 0.1) is 0 Å². The summed E-state index contributed by atoms with van der Waals surface area (Å²) in [6, 6.07) is 17.1. The van der Waals surface area contributed by atoms with Gasteiger partial charge in [-0.05, 0) is 30.5 Å². The van der Waals surface area contributed by atoms with Crippen molar-refractivity contribution in [3.63, 3.8) is 0 Å². The molecule has 0 spiro atoms. The second-order valence-electron chi connectivity index (χ2n) is 5.22. The summed E-state index contributed by atoms with van der Waals surface area (Å²) >= 11 is 0. The summed E-state index contributed by atoms with van der Waals surface area (Å²) in [5.41, 5.74) is 2.76. The lowest BCUT2D eigenvalue weighted by Gasteiger charge is -2.24. The number of para-hydroxylation sites is 1. The van der Waals surface area contributed by atoms with Gasteiger partial charge in [-0.25, -0.2) is 8.42 Å². The van der Waals surface area contributed by atoms with Gasteiger partial charge in [0, 0.05) is 6.04 Å². The van der Waals surface area contributed by atoms with E-state index in [1.165, 1.54) is 0 Å². The lowest BCUT2D eigenvalue weighted by molar-refractivity contribution is 0.583. The first kappa shape index (κ1) is 13.2. The predicted octanol–water partition coefficient (Wildman–Crippen LogP) is 2.97. The fourth-order valence-electron chi connectivity index (χ4n) is 2.82. The highest BCUT2D eigenvalue weighted by molar-refractivity contribution is 7.92. The molecule has 0 saturated heterocycles. The van der Waals surface area contributed by atoms with Crippen molar-refractivity contribution in [2.24, 2.45) is 0 Å². The Kier molecular flexibility index (Phi) is 3.26. The molecular weight excluding hydrogens is 270 g/mol. The van der Waals surface area contributed by atoms with E-state index in [0.29, 0.717) is 0 Å². The molecule has 2 aromatic carbocycles. The van der Waals surface area contributed by atoms with Crippen molar-refractivity contribution in [3.8, 4) is 0 Å². The van der Waals surface area contributed by atoms with Gasteiger partial charge in [-0.3, -0.25) is 4.31 Å². The highest BCUT2D eigenvalue weighted by Gasteiger charge is 2.34. The third-order valence-electron chi connectivity index (χ3n) is 3.64. The van der Waals surface area contributed by atoms with Crippen LogP contribution in [-0.2, 0) is 22.2 Å². The normalized spacial score (nSPS) is 18.1. The summed E-state index contributed by atoms with van der Waals surface area (Å²) < 4.78 is 27.0. The first-order valence-electron chi connectivity index (χ1n) is 6.72. The third-order valence-corrected chi connectivity index (χ3v) is 5.49. The van der Waals surface area contributed by atoms with E-state index >= 15 is 0 Å². The van der Waals surface area contributed by atoms with Crippen molar-refractivity contribution in [1.82, 2.24) is 0 Å². The van der Waals surface area contributed by atoms with Gasteiger partial charge in [-0.2, -0.15) is 0 Å². The van der Waals surface area contributed by atoms with Gasteiger partial charge < -0.3 is 0 Å². The molecule has 0 N–H and O–H groups in total. The van der Waals surface area contributed by atoms with Gasteiger partial charge in [-0.15, -0.1) is 0 Å². The second-order valence-corrected chi connectivity index (χ2v) is 7.07. The molecule has 0 radical (unpaired) electrons.